The molecule has 0 fully saturated rings. The Morgan fingerprint density at radius 2 is 2.33 bits per heavy atom. The van der Waals surface area contributed by atoms with Crippen LogP contribution in [0.3, 0.4) is 0 Å². The zero-order valence-corrected chi connectivity index (χ0v) is 10.7. The van der Waals surface area contributed by atoms with Gasteiger partial charge in [0.05, 0.1) is 0 Å². The van der Waals surface area contributed by atoms with Gasteiger partial charge >= 0.3 is 6.03 Å². The summed E-state index contributed by atoms with van der Waals surface area (Å²) < 4.78 is 0. The molecule has 0 aliphatic heterocycles. The Kier molecular flexibility index (Phi) is 3.19. The van der Waals surface area contributed by atoms with Crippen molar-refractivity contribution < 1.29 is 9.90 Å². The fourth-order valence-corrected chi connectivity index (χ4v) is 2.30. The van der Waals surface area contributed by atoms with E-state index >= 15 is 0 Å². The van der Waals surface area contributed by atoms with Crippen LogP contribution < -0.4 is 10.6 Å². The van der Waals surface area contributed by atoms with E-state index in [9.17, 15) is 9.90 Å². The molecule has 0 aliphatic rings. The highest BCUT2D eigenvalue weighted by molar-refractivity contribution is 7.15. The fourth-order valence-electron chi connectivity index (χ4n) is 1.37. The normalized spacial score (nSPS) is 10.8. The molecule has 0 spiro atoms. The van der Waals surface area contributed by atoms with Crippen LogP contribution in [0.2, 0.25) is 0 Å². The van der Waals surface area contributed by atoms with E-state index in [1.807, 2.05) is 13.8 Å². The summed E-state index contributed by atoms with van der Waals surface area (Å²) in [5.41, 5.74) is 5.31. The number of aromatic nitrogens is 3. The van der Waals surface area contributed by atoms with Crippen molar-refractivity contribution in [3.8, 4) is 5.88 Å². The number of nitrogens with two attached hydrogens (primary N) is 1. The number of nitrogens with one attached hydrogen (secondary N) is 1. The summed E-state index contributed by atoms with van der Waals surface area (Å²) in [4.78, 5) is 17.8. The lowest BCUT2D eigenvalue weighted by Gasteiger charge is -2.13. The van der Waals surface area contributed by atoms with Gasteiger partial charge < -0.3 is 10.8 Å². The highest BCUT2D eigenvalue weighted by Gasteiger charge is 2.22. The Morgan fingerprint density at radius 1 is 1.61 bits per heavy atom. The van der Waals surface area contributed by atoms with Gasteiger partial charge in [0, 0.05) is 17.1 Å². The number of thiazole rings is 1. The van der Waals surface area contributed by atoms with Gasteiger partial charge in [-0.05, 0) is 5.92 Å². The average Bonchev–Trinajstić information content (AvgIpc) is 2.88. The van der Waals surface area contributed by atoms with E-state index in [1.54, 1.807) is 6.20 Å². The van der Waals surface area contributed by atoms with E-state index in [2.05, 4.69) is 15.2 Å². The van der Waals surface area contributed by atoms with Gasteiger partial charge in [-0.2, -0.15) is 5.10 Å². The first-order valence-corrected chi connectivity index (χ1v) is 6.10. The number of rotatable bonds is 3. The Balaban J connectivity index is 2.38. The van der Waals surface area contributed by atoms with Crippen LogP contribution in [-0.4, -0.2) is 26.3 Å². The number of aromatic amines is 1. The monoisotopic (exact) mass is 267 g/mol. The van der Waals surface area contributed by atoms with Crippen LogP contribution in [0.4, 0.5) is 15.7 Å². The van der Waals surface area contributed by atoms with Crippen molar-refractivity contribution in [1.29, 1.82) is 0 Å². The number of carbonyl (C=O) groups is 1. The summed E-state index contributed by atoms with van der Waals surface area (Å²) >= 11 is 1.36. The molecular weight excluding hydrogens is 254 g/mol. The lowest BCUT2D eigenvalue weighted by atomic mass is 10.2. The number of primary amides is 1. The number of hydrogen-bond donors (Lipinski definition) is 3. The second-order valence-electron chi connectivity index (χ2n) is 3.98. The van der Waals surface area contributed by atoms with Gasteiger partial charge in [-0.3, -0.25) is 0 Å². The number of aromatic hydroxyl groups is 1. The van der Waals surface area contributed by atoms with Crippen LogP contribution in [0.1, 0.15) is 24.6 Å². The third-order valence-electron chi connectivity index (χ3n) is 2.27. The van der Waals surface area contributed by atoms with Crippen LogP contribution in [0, 0.1) is 0 Å². The molecule has 2 amide bonds. The maximum atomic E-state index is 11.5. The maximum absolute atomic E-state index is 11.5. The summed E-state index contributed by atoms with van der Waals surface area (Å²) in [6.45, 7) is 4.07. The average molecular weight is 267 g/mol. The zero-order valence-electron chi connectivity index (χ0n) is 9.91. The molecule has 2 heterocycles. The maximum Gasteiger partial charge on any atom is 0.327 e. The fraction of sp³-hybridized carbons (Fsp3) is 0.300. The number of H-pyrrole nitrogens is 1. The minimum Gasteiger partial charge on any atom is -0.494 e. The second kappa shape index (κ2) is 4.65. The molecule has 8 heteroatoms. The molecule has 2 rings (SSSR count). The van der Waals surface area contributed by atoms with E-state index < -0.39 is 6.03 Å². The van der Waals surface area contributed by atoms with Crippen molar-refractivity contribution in [2.24, 2.45) is 5.73 Å². The van der Waals surface area contributed by atoms with E-state index in [-0.39, 0.29) is 11.7 Å². The molecule has 0 saturated carbocycles. The number of nitrogens with zero attached hydrogens (tertiary/aromatic N) is 3. The predicted molar refractivity (Wildman–Crippen MR) is 68.2 cm³/mol. The molecule has 2 aromatic rings. The van der Waals surface area contributed by atoms with Crippen LogP contribution in [-0.2, 0) is 0 Å². The highest BCUT2D eigenvalue weighted by atomic mass is 32.1. The number of carbonyl (C=O) groups excluding carboxylic acids is 1. The molecule has 0 bridgehead atoms. The summed E-state index contributed by atoms with van der Waals surface area (Å²) in [5.74, 6) is 0.389. The van der Waals surface area contributed by atoms with Crippen molar-refractivity contribution in [2.45, 2.75) is 19.8 Å². The standard InChI is InChI=1S/C10H13N5O2S/c1-5(2)6-4-12-10(18-6)15(9(11)17)7-3-8(16)14-13-7/h3-5H,1-2H3,(H2,11,17)(H2,13,14,16). The summed E-state index contributed by atoms with van der Waals surface area (Å²) in [6.07, 6.45) is 1.70. The van der Waals surface area contributed by atoms with Gasteiger partial charge in [0.1, 0.15) is 0 Å². The van der Waals surface area contributed by atoms with Gasteiger partial charge in [-0.15, -0.1) is 11.3 Å². The molecule has 0 aliphatic carbocycles. The SMILES string of the molecule is CC(C)c1cnc(N(C(N)=O)c2cc(O)[nH]n2)s1. The number of anilines is 2. The van der Waals surface area contributed by atoms with Gasteiger partial charge in [-0.25, -0.2) is 19.8 Å². The lowest BCUT2D eigenvalue weighted by Crippen LogP contribution is -2.31. The third-order valence-corrected chi connectivity index (χ3v) is 3.56. The molecule has 0 saturated heterocycles. The largest absolute Gasteiger partial charge is 0.494 e. The Hall–Kier alpha value is -2.09. The zero-order chi connectivity index (χ0) is 13.3. The number of hydrogen-bond acceptors (Lipinski definition) is 5. The molecule has 0 radical (unpaired) electrons. The van der Waals surface area contributed by atoms with Crippen molar-refractivity contribution in [3.63, 3.8) is 0 Å². The van der Waals surface area contributed by atoms with E-state index in [4.69, 9.17) is 5.73 Å². The minimum atomic E-state index is -0.703. The molecule has 0 unspecified atom stereocenters. The van der Waals surface area contributed by atoms with Crippen LogP contribution in [0.5, 0.6) is 5.88 Å². The molecule has 0 atom stereocenters. The summed E-state index contributed by atoms with van der Waals surface area (Å²) in [6, 6.07) is 0.604. The molecule has 96 valence electrons. The highest BCUT2D eigenvalue weighted by Crippen LogP contribution is 2.32. The quantitative estimate of drug-likeness (QED) is 0.789. The Labute approximate surface area is 107 Å². The predicted octanol–water partition coefficient (Wildman–Crippen LogP) is 1.91. The van der Waals surface area contributed by atoms with Gasteiger partial charge in [-0.1, -0.05) is 13.8 Å². The number of amides is 2. The van der Waals surface area contributed by atoms with Crippen LogP contribution in [0.25, 0.3) is 0 Å². The Morgan fingerprint density at radius 3 is 2.78 bits per heavy atom. The van der Waals surface area contributed by atoms with Crippen molar-refractivity contribution in [1.82, 2.24) is 15.2 Å². The van der Waals surface area contributed by atoms with Crippen molar-refractivity contribution >= 4 is 28.3 Å². The van der Waals surface area contributed by atoms with Crippen molar-refractivity contribution in [2.75, 3.05) is 4.90 Å². The van der Waals surface area contributed by atoms with E-state index in [0.29, 0.717) is 11.0 Å². The van der Waals surface area contributed by atoms with Crippen LogP contribution in [0.15, 0.2) is 12.3 Å². The molecule has 4 N–H and O–H groups in total. The van der Waals surface area contributed by atoms with Gasteiger partial charge in [0.25, 0.3) is 0 Å². The first-order valence-electron chi connectivity index (χ1n) is 5.28. The van der Waals surface area contributed by atoms with Gasteiger partial charge in [0.2, 0.25) is 5.88 Å². The summed E-state index contributed by atoms with van der Waals surface area (Å²) in [5, 5.41) is 15.8. The number of urea groups is 1. The van der Waals surface area contributed by atoms with E-state index in [1.165, 1.54) is 17.4 Å². The van der Waals surface area contributed by atoms with Crippen LogP contribution >= 0.6 is 11.3 Å². The molecule has 2 aromatic heterocycles. The third kappa shape index (κ3) is 2.28. The topological polar surface area (TPSA) is 108 Å². The van der Waals surface area contributed by atoms with Gasteiger partial charge in [0.15, 0.2) is 10.9 Å². The minimum absolute atomic E-state index is 0.142. The molecule has 7 nitrogen and oxygen atoms in total. The van der Waals surface area contributed by atoms with Crippen molar-refractivity contribution in [3.05, 3.63) is 17.1 Å². The van der Waals surface area contributed by atoms with E-state index in [0.717, 1.165) is 9.78 Å². The molecule has 18 heavy (non-hydrogen) atoms. The molecular formula is C10H13N5O2S. The first kappa shape index (κ1) is 12.4. The molecule has 0 aromatic carbocycles. The Bertz CT molecular complexity index is 562. The summed E-state index contributed by atoms with van der Waals surface area (Å²) in [7, 11) is 0. The lowest BCUT2D eigenvalue weighted by molar-refractivity contribution is 0.256. The smallest absolute Gasteiger partial charge is 0.327 e. The first-order chi connectivity index (χ1) is 8.49. The second-order valence-corrected chi connectivity index (χ2v) is 5.03.